The van der Waals surface area contributed by atoms with Crippen LogP contribution in [-0.4, -0.2) is 35.7 Å². The minimum absolute atomic E-state index is 0.0368. The molecule has 0 aromatic rings. The van der Waals surface area contributed by atoms with Gasteiger partial charge in [0.1, 0.15) is 12.6 Å². The fraction of sp³-hybridized carbons (Fsp3) is 0.867. The second-order valence-corrected chi connectivity index (χ2v) is 5.71. The predicted molar refractivity (Wildman–Crippen MR) is 76.5 cm³/mol. The van der Waals surface area contributed by atoms with Crippen molar-refractivity contribution in [2.45, 2.75) is 70.9 Å². The predicted octanol–water partition coefficient (Wildman–Crippen LogP) is 2.34. The summed E-state index contributed by atoms with van der Waals surface area (Å²) in [6.07, 6.45) is 6.81. The standard InChI is InChI=1S/C15H27NO4/c1-3-4-8-12(15(18)19)16-14(17)10-20-13-9-6-5-7-11(13)2/h11-13H,3-10H2,1-2H3,(H,16,17)(H,18,19)/t11?,12-,13?/m0/s1. The van der Waals surface area contributed by atoms with Gasteiger partial charge in [0.25, 0.3) is 0 Å². The second-order valence-electron chi connectivity index (χ2n) is 5.71. The largest absolute Gasteiger partial charge is 0.480 e. The van der Waals surface area contributed by atoms with Crippen LogP contribution in [0.15, 0.2) is 0 Å². The van der Waals surface area contributed by atoms with Crippen molar-refractivity contribution in [3.05, 3.63) is 0 Å². The minimum Gasteiger partial charge on any atom is -0.480 e. The number of carboxylic acids is 1. The Morgan fingerprint density at radius 3 is 2.65 bits per heavy atom. The number of rotatable bonds is 8. The molecule has 0 heterocycles. The zero-order valence-electron chi connectivity index (χ0n) is 12.6. The third kappa shape index (κ3) is 5.90. The highest BCUT2D eigenvalue weighted by Gasteiger charge is 2.24. The molecule has 20 heavy (non-hydrogen) atoms. The fourth-order valence-electron chi connectivity index (χ4n) is 2.61. The molecule has 2 N–H and O–H groups in total. The molecule has 0 spiro atoms. The van der Waals surface area contributed by atoms with Gasteiger partial charge in [0.15, 0.2) is 0 Å². The first-order valence-electron chi connectivity index (χ1n) is 7.68. The van der Waals surface area contributed by atoms with Crippen molar-refractivity contribution >= 4 is 11.9 Å². The van der Waals surface area contributed by atoms with E-state index in [1.807, 2.05) is 6.92 Å². The molecule has 1 amide bonds. The average molecular weight is 285 g/mol. The third-order valence-corrected chi connectivity index (χ3v) is 3.94. The van der Waals surface area contributed by atoms with Gasteiger partial charge >= 0.3 is 5.97 Å². The van der Waals surface area contributed by atoms with Crippen LogP contribution < -0.4 is 5.32 Å². The molecule has 1 fully saturated rings. The fourth-order valence-corrected chi connectivity index (χ4v) is 2.61. The molecule has 1 rings (SSSR count). The van der Waals surface area contributed by atoms with Gasteiger partial charge in [0.2, 0.25) is 5.91 Å². The van der Waals surface area contributed by atoms with E-state index in [0.717, 1.165) is 32.1 Å². The van der Waals surface area contributed by atoms with Crippen molar-refractivity contribution in [1.29, 1.82) is 0 Å². The zero-order valence-corrected chi connectivity index (χ0v) is 12.6. The number of nitrogens with one attached hydrogen (secondary N) is 1. The highest BCUT2D eigenvalue weighted by Crippen LogP contribution is 2.26. The summed E-state index contributed by atoms with van der Waals surface area (Å²) in [6, 6.07) is -0.796. The van der Waals surface area contributed by atoms with E-state index in [1.54, 1.807) is 0 Å². The summed E-state index contributed by atoms with van der Waals surface area (Å²) in [4.78, 5) is 22.8. The Balaban J connectivity index is 2.31. The van der Waals surface area contributed by atoms with E-state index >= 15 is 0 Å². The molecular formula is C15H27NO4. The topological polar surface area (TPSA) is 75.6 Å². The normalized spacial score (nSPS) is 24.1. The third-order valence-electron chi connectivity index (χ3n) is 3.94. The van der Waals surface area contributed by atoms with Gasteiger partial charge in [-0.15, -0.1) is 0 Å². The van der Waals surface area contributed by atoms with Gasteiger partial charge < -0.3 is 15.2 Å². The molecule has 1 saturated carbocycles. The number of carboxylic acid groups (broad SMARTS) is 1. The summed E-state index contributed by atoms with van der Waals surface area (Å²) < 4.78 is 5.64. The molecule has 1 aliphatic carbocycles. The summed E-state index contributed by atoms with van der Waals surface area (Å²) in [5.41, 5.74) is 0. The number of unbranched alkanes of at least 4 members (excludes halogenated alkanes) is 1. The molecule has 0 aromatic carbocycles. The van der Waals surface area contributed by atoms with Crippen LogP contribution in [0.2, 0.25) is 0 Å². The molecule has 1 aliphatic rings. The first-order valence-corrected chi connectivity index (χ1v) is 7.68. The summed E-state index contributed by atoms with van der Waals surface area (Å²) in [5.74, 6) is -0.823. The lowest BCUT2D eigenvalue weighted by atomic mass is 9.88. The lowest BCUT2D eigenvalue weighted by Crippen LogP contribution is -2.43. The maximum Gasteiger partial charge on any atom is 0.326 e. The van der Waals surface area contributed by atoms with Crippen molar-refractivity contribution in [3.8, 4) is 0 Å². The molecule has 2 unspecified atom stereocenters. The summed E-state index contributed by atoms with van der Waals surface area (Å²) in [6.45, 7) is 4.10. The zero-order chi connectivity index (χ0) is 15.0. The molecule has 116 valence electrons. The average Bonchev–Trinajstić information content (AvgIpc) is 2.42. The first kappa shape index (κ1) is 17.0. The van der Waals surface area contributed by atoms with Crippen LogP contribution in [0.5, 0.6) is 0 Å². The number of hydrogen-bond acceptors (Lipinski definition) is 3. The SMILES string of the molecule is CCCC[C@H](NC(=O)COC1CCCCC1C)C(=O)O. The number of carbonyl (C=O) groups is 2. The van der Waals surface area contributed by atoms with Crippen LogP contribution in [0.25, 0.3) is 0 Å². The Hall–Kier alpha value is -1.10. The highest BCUT2D eigenvalue weighted by molar-refractivity contribution is 5.84. The van der Waals surface area contributed by atoms with Crippen LogP contribution in [-0.2, 0) is 14.3 Å². The van der Waals surface area contributed by atoms with Gasteiger partial charge in [-0.3, -0.25) is 4.79 Å². The van der Waals surface area contributed by atoms with Crippen molar-refractivity contribution < 1.29 is 19.4 Å². The molecular weight excluding hydrogens is 258 g/mol. The Bertz CT molecular complexity index is 319. The Labute approximate surface area is 121 Å². The van der Waals surface area contributed by atoms with E-state index in [9.17, 15) is 9.59 Å². The van der Waals surface area contributed by atoms with Gasteiger partial charge in [-0.1, -0.05) is 39.5 Å². The maximum atomic E-state index is 11.8. The Morgan fingerprint density at radius 1 is 1.35 bits per heavy atom. The quantitative estimate of drug-likeness (QED) is 0.717. The molecule has 0 aromatic heterocycles. The summed E-state index contributed by atoms with van der Waals surface area (Å²) in [5, 5.41) is 11.6. The monoisotopic (exact) mass is 285 g/mol. The minimum atomic E-state index is -0.974. The second kappa shape index (κ2) is 8.95. The number of carbonyl (C=O) groups excluding carboxylic acids is 1. The Morgan fingerprint density at radius 2 is 2.05 bits per heavy atom. The summed E-state index contributed by atoms with van der Waals surface area (Å²) in [7, 11) is 0. The van der Waals surface area contributed by atoms with Gasteiger partial charge in [0.05, 0.1) is 6.10 Å². The maximum absolute atomic E-state index is 11.8. The Kier molecular flexibility index (Phi) is 7.59. The molecule has 3 atom stereocenters. The van der Waals surface area contributed by atoms with E-state index < -0.39 is 12.0 Å². The molecule has 0 saturated heterocycles. The molecule has 5 heteroatoms. The van der Waals surface area contributed by atoms with Crippen molar-refractivity contribution in [2.75, 3.05) is 6.61 Å². The van der Waals surface area contributed by atoms with E-state index in [1.165, 1.54) is 6.42 Å². The van der Waals surface area contributed by atoms with Gasteiger partial charge in [-0.05, 0) is 25.2 Å². The van der Waals surface area contributed by atoms with Gasteiger partial charge in [-0.25, -0.2) is 4.79 Å². The number of ether oxygens (including phenoxy) is 1. The van der Waals surface area contributed by atoms with Crippen molar-refractivity contribution in [1.82, 2.24) is 5.32 Å². The van der Waals surface area contributed by atoms with Crippen LogP contribution in [0, 0.1) is 5.92 Å². The van der Waals surface area contributed by atoms with Crippen LogP contribution in [0.4, 0.5) is 0 Å². The molecule has 5 nitrogen and oxygen atoms in total. The molecule has 0 aliphatic heterocycles. The smallest absolute Gasteiger partial charge is 0.326 e. The van der Waals surface area contributed by atoms with Crippen LogP contribution >= 0.6 is 0 Å². The molecule has 0 radical (unpaired) electrons. The van der Waals surface area contributed by atoms with E-state index in [0.29, 0.717) is 12.3 Å². The molecule has 0 bridgehead atoms. The highest BCUT2D eigenvalue weighted by atomic mass is 16.5. The number of aliphatic carboxylic acids is 1. The van der Waals surface area contributed by atoms with Crippen LogP contribution in [0.1, 0.15) is 58.8 Å². The first-order chi connectivity index (χ1) is 9.54. The van der Waals surface area contributed by atoms with Gasteiger partial charge in [-0.2, -0.15) is 0 Å². The van der Waals surface area contributed by atoms with Crippen molar-refractivity contribution in [3.63, 3.8) is 0 Å². The van der Waals surface area contributed by atoms with E-state index in [2.05, 4.69) is 12.2 Å². The van der Waals surface area contributed by atoms with E-state index in [4.69, 9.17) is 9.84 Å². The summed E-state index contributed by atoms with van der Waals surface area (Å²) >= 11 is 0. The number of hydrogen-bond donors (Lipinski definition) is 2. The van der Waals surface area contributed by atoms with Crippen molar-refractivity contribution in [2.24, 2.45) is 5.92 Å². The lowest BCUT2D eigenvalue weighted by Gasteiger charge is -2.28. The van der Waals surface area contributed by atoms with Gasteiger partial charge in [0, 0.05) is 0 Å². The lowest BCUT2D eigenvalue weighted by molar-refractivity contribution is -0.143. The van der Waals surface area contributed by atoms with Crippen LogP contribution in [0.3, 0.4) is 0 Å². The van der Waals surface area contributed by atoms with E-state index in [-0.39, 0.29) is 18.6 Å². The number of amides is 1.